The van der Waals surface area contributed by atoms with Gasteiger partial charge in [-0.15, -0.1) is 0 Å². The van der Waals surface area contributed by atoms with Gasteiger partial charge in [0.25, 0.3) is 5.91 Å². The molecule has 23 heavy (non-hydrogen) atoms. The fraction of sp³-hybridized carbons (Fsp3) is 0.500. The molecule has 7 heteroatoms. The maximum absolute atomic E-state index is 12.5. The maximum Gasteiger partial charge on any atom is 0.317 e. The molecule has 0 radical (unpaired) electrons. The van der Waals surface area contributed by atoms with Crippen molar-refractivity contribution in [2.24, 2.45) is 0 Å². The van der Waals surface area contributed by atoms with Crippen LogP contribution >= 0.6 is 11.6 Å². The highest BCUT2D eigenvalue weighted by Gasteiger charge is 2.27. The molecule has 0 saturated carbocycles. The zero-order valence-electron chi connectivity index (χ0n) is 13.5. The SMILES string of the molecule is CCNC(=O)N1CCC(NC(=O)c2cc(Cl)ccc2NCC)C1. The van der Waals surface area contributed by atoms with Crippen molar-refractivity contribution in [1.82, 2.24) is 15.5 Å². The highest BCUT2D eigenvalue weighted by molar-refractivity contribution is 6.31. The summed E-state index contributed by atoms with van der Waals surface area (Å²) in [5, 5.41) is 9.44. The van der Waals surface area contributed by atoms with Crippen molar-refractivity contribution in [3.05, 3.63) is 28.8 Å². The predicted molar refractivity (Wildman–Crippen MR) is 92.1 cm³/mol. The van der Waals surface area contributed by atoms with Crippen molar-refractivity contribution < 1.29 is 9.59 Å². The van der Waals surface area contributed by atoms with Crippen molar-refractivity contribution in [1.29, 1.82) is 0 Å². The minimum Gasteiger partial charge on any atom is -0.385 e. The molecule has 1 unspecified atom stereocenters. The minimum atomic E-state index is -0.175. The van der Waals surface area contributed by atoms with Gasteiger partial charge < -0.3 is 20.9 Å². The molecule has 1 aliphatic heterocycles. The van der Waals surface area contributed by atoms with Gasteiger partial charge in [0.2, 0.25) is 0 Å². The van der Waals surface area contributed by atoms with E-state index in [-0.39, 0.29) is 18.0 Å². The monoisotopic (exact) mass is 338 g/mol. The largest absolute Gasteiger partial charge is 0.385 e. The summed E-state index contributed by atoms with van der Waals surface area (Å²) in [4.78, 5) is 26.0. The fourth-order valence-corrected chi connectivity index (χ4v) is 2.81. The molecule has 1 aliphatic rings. The number of halogens is 1. The molecule has 126 valence electrons. The number of anilines is 1. The first-order valence-corrected chi connectivity index (χ1v) is 8.30. The van der Waals surface area contributed by atoms with Gasteiger partial charge in [-0.05, 0) is 38.5 Å². The highest BCUT2D eigenvalue weighted by atomic mass is 35.5. The van der Waals surface area contributed by atoms with Gasteiger partial charge in [-0.1, -0.05) is 11.6 Å². The third-order valence-electron chi connectivity index (χ3n) is 3.73. The van der Waals surface area contributed by atoms with Crippen LogP contribution in [0.4, 0.5) is 10.5 Å². The molecule has 3 N–H and O–H groups in total. The average Bonchev–Trinajstić information content (AvgIpc) is 2.98. The molecular weight excluding hydrogens is 316 g/mol. The summed E-state index contributed by atoms with van der Waals surface area (Å²) in [5.41, 5.74) is 1.28. The Hall–Kier alpha value is -1.95. The number of nitrogens with zero attached hydrogens (tertiary/aromatic N) is 1. The topological polar surface area (TPSA) is 73.5 Å². The van der Waals surface area contributed by atoms with Gasteiger partial charge >= 0.3 is 6.03 Å². The van der Waals surface area contributed by atoms with E-state index in [1.165, 1.54) is 0 Å². The first kappa shape index (κ1) is 17.4. The molecule has 0 aliphatic carbocycles. The van der Waals surface area contributed by atoms with Gasteiger partial charge in [-0.25, -0.2) is 4.79 Å². The summed E-state index contributed by atoms with van der Waals surface area (Å²) in [6.07, 6.45) is 0.750. The molecule has 0 spiro atoms. The summed E-state index contributed by atoms with van der Waals surface area (Å²) >= 11 is 6.01. The Bertz CT molecular complexity index is 579. The Labute approximate surface area is 141 Å². The summed E-state index contributed by atoms with van der Waals surface area (Å²) < 4.78 is 0. The van der Waals surface area contributed by atoms with Gasteiger partial charge in [-0.3, -0.25) is 4.79 Å². The van der Waals surface area contributed by atoms with E-state index in [1.807, 2.05) is 13.8 Å². The van der Waals surface area contributed by atoms with Crippen LogP contribution in [0, 0.1) is 0 Å². The van der Waals surface area contributed by atoms with Crippen LogP contribution in [0.25, 0.3) is 0 Å². The summed E-state index contributed by atoms with van der Waals surface area (Å²) in [7, 11) is 0. The average molecular weight is 339 g/mol. The molecule has 0 aromatic heterocycles. The maximum atomic E-state index is 12.5. The molecule has 1 atom stereocenters. The standard InChI is InChI=1S/C16H23ClN4O2/c1-3-18-14-6-5-11(17)9-13(14)15(22)20-12-7-8-21(10-12)16(23)19-4-2/h5-6,9,12,18H,3-4,7-8,10H2,1-2H3,(H,19,23)(H,20,22). The van der Waals surface area contributed by atoms with Gasteiger partial charge in [0.05, 0.1) is 5.56 Å². The highest BCUT2D eigenvalue weighted by Crippen LogP contribution is 2.21. The Kier molecular flexibility index (Phi) is 6.10. The summed E-state index contributed by atoms with van der Waals surface area (Å²) in [6, 6.07) is 5.09. The molecule has 0 bridgehead atoms. The smallest absolute Gasteiger partial charge is 0.317 e. The van der Waals surface area contributed by atoms with E-state index in [1.54, 1.807) is 23.1 Å². The van der Waals surface area contributed by atoms with Crippen molar-refractivity contribution in [2.75, 3.05) is 31.5 Å². The van der Waals surface area contributed by atoms with Crippen LogP contribution in [-0.4, -0.2) is 49.1 Å². The molecule has 1 heterocycles. The molecule has 2 rings (SSSR count). The van der Waals surface area contributed by atoms with E-state index < -0.39 is 0 Å². The number of hydrogen-bond acceptors (Lipinski definition) is 3. The second-order valence-electron chi connectivity index (χ2n) is 5.46. The van der Waals surface area contributed by atoms with Crippen molar-refractivity contribution in [3.8, 4) is 0 Å². The summed E-state index contributed by atoms with van der Waals surface area (Å²) in [5.74, 6) is -0.175. The van der Waals surface area contributed by atoms with Crippen molar-refractivity contribution in [3.63, 3.8) is 0 Å². The number of nitrogens with one attached hydrogen (secondary N) is 3. The van der Waals surface area contributed by atoms with Crippen LogP contribution in [0.1, 0.15) is 30.6 Å². The number of carbonyl (C=O) groups is 2. The Morgan fingerprint density at radius 3 is 2.78 bits per heavy atom. The lowest BCUT2D eigenvalue weighted by Gasteiger charge is -2.18. The van der Waals surface area contributed by atoms with Crippen molar-refractivity contribution >= 4 is 29.2 Å². The Morgan fingerprint density at radius 1 is 1.30 bits per heavy atom. The number of rotatable bonds is 5. The normalized spacial score (nSPS) is 17.0. The van der Waals surface area contributed by atoms with E-state index in [9.17, 15) is 9.59 Å². The van der Waals surface area contributed by atoms with E-state index in [2.05, 4.69) is 16.0 Å². The third kappa shape index (κ3) is 4.51. The Balaban J connectivity index is 2.00. The van der Waals surface area contributed by atoms with Crippen LogP contribution in [0.15, 0.2) is 18.2 Å². The first-order valence-electron chi connectivity index (χ1n) is 7.92. The van der Waals surface area contributed by atoms with E-state index in [0.29, 0.717) is 30.2 Å². The molecule has 1 saturated heterocycles. The third-order valence-corrected chi connectivity index (χ3v) is 3.97. The lowest BCUT2D eigenvalue weighted by Crippen LogP contribution is -2.42. The quantitative estimate of drug-likeness (QED) is 0.771. The second kappa shape index (κ2) is 8.06. The minimum absolute atomic E-state index is 0.0430. The van der Waals surface area contributed by atoms with E-state index in [0.717, 1.165) is 18.7 Å². The van der Waals surface area contributed by atoms with Gasteiger partial charge in [0.15, 0.2) is 0 Å². The number of amides is 3. The van der Waals surface area contributed by atoms with Crippen LogP contribution in [-0.2, 0) is 0 Å². The molecule has 6 nitrogen and oxygen atoms in total. The fourth-order valence-electron chi connectivity index (χ4n) is 2.64. The molecule has 1 fully saturated rings. The van der Waals surface area contributed by atoms with Crippen molar-refractivity contribution in [2.45, 2.75) is 26.3 Å². The molecule has 1 aromatic rings. The Morgan fingerprint density at radius 2 is 2.09 bits per heavy atom. The van der Waals surface area contributed by atoms with Gasteiger partial charge in [0.1, 0.15) is 0 Å². The number of carbonyl (C=O) groups excluding carboxylic acids is 2. The predicted octanol–water partition coefficient (Wildman–Crippen LogP) is 2.31. The van der Waals surface area contributed by atoms with E-state index in [4.69, 9.17) is 11.6 Å². The lowest BCUT2D eigenvalue weighted by molar-refractivity contribution is 0.0938. The molecular formula is C16H23ClN4O2. The second-order valence-corrected chi connectivity index (χ2v) is 5.90. The zero-order valence-corrected chi connectivity index (χ0v) is 14.2. The number of urea groups is 1. The lowest BCUT2D eigenvalue weighted by atomic mass is 10.1. The number of likely N-dealkylation sites (tertiary alicyclic amines) is 1. The van der Waals surface area contributed by atoms with Crippen LogP contribution in [0.2, 0.25) is 5.02 Å². The van der Waals surface area contributed by atoms with Crippen LogP contribution in [0.3, 0.4) is 0 Å². The molecule has 1 aromatic carbocycles. The van der Waals surface area contributed by atoms with Gasteiger partial charge in [-0.2, -0.15) is 0 Å². The number of hydrogen-bond donors (Lipinski definition) is 3. The summed E-state index contributed by atoms with van der Waals surface area (Å²) in [6.45, 7) is 6.34. The van der Waals surface area contributed by atoms with Crippen LogP contribution < -0.4 is 16.0 Å². The number of benzene rings is 1. The van der Waals surface area contributed by atoms with Gasteiger partial charge in [0, 0.05) is 42.9 Å². The molecule has 3 amide bonds. The van der Waals surface area contributed by atoms with Crippen LogP contribution in [0.5, 0.6) is 0 Å². The zero-order chi connectivity index (χ0) is 16.8. The van der Waals surface area contributed by atoms with E-state index >= 15 is 0 Å². The first-order chi connectivity index (χ1) is 11.0.